The molecule has 1 rings (SSSR count). The van der Waals surface area contributed by atoms with E-state index in [9.17, 15) is 18.0 Å². The summed E-state index contributed by atoms with van der Waals surface area (Å²) in [5.41, 5.74) is 0. The second-order valence-electron chi connectivity index (χ2n) is 2.22. The molecule has 0 aliphatic carbocycles. The number of hydrogen-bond acceptors (Lipinski definition) is 2. The molecular formula is C8H5F3O2. The van der Waals surface area contributed by atoms with Crippen LogP contribution in [0.3, 0.4) is 0 Å². The highest BCUT2D eigenvalue weighted by molar-refractivity contribution is 6.02. The first-order chi connectivity index (χ1) is 5.99. The first-order valence-corrected chi connectivity index (χ1v) is 3.33. The zero-order valence-electron chi connectivity index (χ0n) is 6.34. The van der Waals surface area contributed by atoms with E-state index in [0.717, 1.165) is 0 Å². The van der Waals surface area contributed by atoms with Crippen LogP contribution in [0.25, 0.3) is 0 Å². The highest BCUT2D eigenvalue weighted by atomic mass is 19.4. The predicted molar refractivity (Wildman–Crippen MR) is 38.2 cm³/mol. The zero-order chi connectivity index (χ0) is 9.90. The third-order valence-electron chi connectivity index (χ3n) is 1.19. The summed E-state index contributed by atoms with van der Waals surface area (Å²) in [7, 11) is 0. The highest BCUT2D eigenvalue weighted by Gasteiger charge is 2.22. The Kier molecular flexibility index (Phi) is 2.55. The van der Waals surface area contributed by atoms with Crippen LogP contribution in [0.5, 0.6) is 0 Å². The van der Waals surface area contributed by atoms with Crippen LogP contribution in [0.15, 0.2) is 35.0 Å². The first-order valence-electron chi connectivity index (χ1n) is 3.33. The van der Waals surface area contributed by atoms with Gasteiger partial charge < -0.3 is 4.42 Å². The summed E-state index contributed by atoms with van der Waals surface area (Å²) >= 11 is 0. The van der Waals surface area contributed by atoms with Crippen LogP contribution in [0.1, 0.15) is 10.6 Å². The lowest BCUT2D eigenvalue weighted by molar-refractivity contribution is -0.0799. The van der Waals surface area contributed by atoms with Crippen molar-refractivity contribution < 1.29 is 22.4 Å². The van der Waals surface area contributed by atoms with Crippen molar-refractivity contribution in [1.82, 2.24) is 0 Å². The van der Waals surface area contributed by atoms with Crippen molar-refractivity contribution in [3.8, 4) is 0 Å². The van der Waals surface area contributed by atoms with Crippen molar-refractivity contribution in [2.24, 2.45) is 0 Å². The average molecular weight is 190 g/mol. The van der Waals surface area contributed by atoms with Crippen molar-refractivity contribution in [3.63, 3.8) is 0 Å². The largest absolute Gasteiger partial charge is 0.461 e. The Morgan fingerprint density at radius 3 is 2.62 bits per heavy atom. The van der Waals surface area contributed by atoms with Gasteiger partial charge in [0.15, 0.2) is 5.76 Å². The quantitative estimate of drug-likeness (QED) is 0.530. The lowest BCUT2D eigenvalue weighted by Gasteiger charge is -1.95. The van der Waals surface area contributed by atoms with Crippen molar-refractivity contribution in [2.75, 3.05) is 0 Å². The van der Waals surface area contributed by atoms with Gasteiger partial charge >= 0.3 is 6.18 Å². The Balaban J connectivity index is 2.67. The van der Waals surface area contributed by atoms with E-state index in [-0.39, 0.29) is 11.8 Å². The number of halogens is 3. The Labute approximate surface area is 71.7 Å². The van der Waals surface area contributed by atoms with E-state index in [1.807, 2.05) is 0 Å². The molecule has 0 saturated heterocycles. The van der Waals surface area contributed by atoms with Gasteiger partial charge in [0.1, 0.15) is 0 Å². The molecule has 70 valence electrons. The van der Waals surface area contributed by atoms with E-state index in [2.05, 4.69) is 4.42 Å². The van der Waals surface area contributed by atoms with Gasteiger partial charge in [-0.25, -0.2) is 0 Å². The van der Waals surface area contributed by atoms with Crippen molar-refractivity contribution in [2.45, 2.75) is 6.18 Å². The van der Waals surface area contributed by atoms with E-state index in [0.29, 0.717) is 6.08 Å². The molecule has 0 fully saturated rings. The molecule has 0 aliphatic rings. The predicted octanol–water partition coefficient (Wildman–Crippen LogP) is 2.58. The Morgan fingerprint density at radius 2 is 2.15 bits per heavy atom. The molecule has 0 saturated carbocycles. The van der Waals surface area contributed by atoms with Gasteiger partial charge in [0.2, 0.25) is 5.78 Å². The van der Waals surface area contributed by atoms with Gasteiger partial charge in [0, 0.05) is 6.08 Å². The SMILES string of the molecule is O=C(/C=C\C(F)(F)F)c1ccco1. The molecule has 0 bridgehead atoms. The van der Waals surface area contributed by atoms with Crippen molar-refractivity contribution in [3.05, 3.63) is 36.3 Å². The summed E-state index contributed by atoms with van der Waals surface area (Å²) < 4.78 is 39.4. The molecule has 0 N–H and O–H groups in total. The van der Waals surface area contributed by atoms with E-state index >= 15 is 0 Å². The second kappa shape index (κ2) is 3.47. The lowest BCUT2D eigenvalue weighted by atomic mass is 10.3. The minimum absolute atomic E-state index is 0.111. The molecule has 0 unspecified atom stereocenters. The lowest BCUT2D eigenvalue weighted by Crippen LogP contribution is -2.03. The van der Waals surface area contributed by atoms with E-state index in [4.69, 9.17) is 0 Å². The van der Waals surface area contributed by atoms with Gasteiger partial charge in [-0.15, -0.1) is 0 Å². The Hall–Kier alpha value is -1.52. The maximum absolute atomic E-state index is 11.6. The maximum atomic E-state index is 11.6. The van der Waals surface area contributed by atoms with Gasteiger partial charge in [-0.05, 0) is 18.2 Å². The van der Waals surface area contributed by atoms with Crippen LogP contribution in [-0.4, -0.2) is 12.0 Å². The monoisotopic (exact) mass is 190 g/mol. The molecule has 0 aliphatic heterocycles. The topological polar surface area (TPSA) is 30.2 Å². The standard InChI is InChI=1S/C8H5F3O2/c9-8(10,11)4-3-6(12)7-2-1-5-13-7/h1-5H/b4-3-. The number of allylic oxidation sites excluding steroid dienone is 2. The molecule has 5 heteroatoms. The molecule has 0 amide bonds. The van der Waals surface area contributed by atoms with Crippen LogP contribution in [0.4, 0.5) is 13.2 Å². The van der Waals surface area contributed by atoms with Crippen LogP contribution in [0, 0.1) is 0 Å². The summed E-state index contributed by atoms with van der Waals surface area (Å²) in [6, 6.07) is 2.72. The van der Waals surface area contributed by atoms with Crippen LogP contribution < -0.4 is 0 Å². The van der Waals surface area contributed by atoms with Gasteiger partial charge in [-0.2, -0.15) is 13.2 Å². The molecule has 2 nitrogen and oxygen atoms in total. The minimum Gasteiger partial charge on any atom is -0.461 e. The fraction of sp³-hybridized carbons (Fsp3) is 0.125. The van der Waals surface area contributed by atoms with Crippen molar-refractivity contribution in [1.29, 1.82) is 0 Å². The molecule has 0 spiro atoms. The third-order valence-corrected chi connectivity index (χ3v) is 1.19. The van der Waals surface area contributed by atoms with E-state index in [1.165, 1.54) is 18.4 Å². The normalized spacial score (nSPS) is 12.2. The Morgan fingerprint density at radius 1 is 1.46 bits per heavy atom. The fourth-order valence-corrected chi connectivity index (χ4v) is 0.671. The molecular weight excluding hydrogens is 185 g/mol. The van der Waals surface area contributed by atoms with Gasteiger partial charge in [-0.3, -0.25) is 4.79 Å². The summed E-state index contributed by atoms with van der Waals surface area (Å²) in [4.78, 5) is 10.9. The highest BCUT2D eigenvalue weighted by Crippen LogP contribution is 2.16. The first kappa shape index (κ1) is 9.57. The van der Waals surface area contributed by atoms with Crippen molar-refractivity contribution >= 4 is 5.78 Å². The summed E-state index contributed by atoms with van der Waals surface area (Å²) in [6.07, 6.45) is -2.95. The molecule has 0 radical (unpaired) electrons. The summed E-state index contributed by atoms with van der Waals surface area (Å²) in [5.74, 6) is -0.914. The number of rotatable bonds is 2. The van der Waals surface area contributed by atoms with Crippen LogP contribution in [0.2, 0.25) is 0 Å². The molecule has 1 aromatic rings. The van der Waals surface area contributed by atoms with E-state index in [1.54, 1.807) is 0 Å². The van der Waals surface area contributed by atoms with Crippen LogP contribution >= 0.6 is 0 Å². The molecule has 13 heavy (non-hydrogen) atoms. The second-order valence-corrected chi connectivity index (χ2v) is 2.22. The smallest absolute Gasteiger partial charge is 0.409 e. The molecule has 0 aromatic carbocycles. The summed E-state index contributed by atoms with van der Waals surface area (Å²) in [6.45, 7) is 0. The van der Waals surface area contributed by atoms with Gasteiger partial charge in [0.25, 0.3) is 0 Å². The van der Waals surface area contributed by atoms with Gasteiger partial charge in [-0.1, -0.05) is 0 Å². The molecule has 1 heterocycles. The zero-order valence-corrected chi connectivity index (χ0v) is 6.34. The number of ketones is 1. The number of furan rings is 1. The number of alkyl halides is 3. The van der Waals surface area contributed by atoms with E-state index < -0.39 is 12.0 Å². The number of carbonyl (C=O) groups excluding carboxylic acids is 1. The molecule has 1 aromatic heterocycles. The number of hydrogen-bond donors (Lipinski definition) is 0. The minimum atomic E-state index is -4.47. The summed E-state index contributed by atoms with van der Waals surface area (Å²) in [5, 5.41) is 0. The number of carbonyl (C=O) groups is 1. The average Bonchev–Trinajstić information content (AvgIpc) is 2.50. The fourth-order valence-electron chi connectivity index (χ4n) is 0.671. The van der Waals surface area contributed by atoms with Gasteiger partial charge in [0.05, 0.1) is 6.26 Å². The third kappa shape index (κ3) is 3.14. The maximum Gasteiger partial charge on any atom is 0.409 e. The molecule has 0 atom stereocenters. The van der Waals surface area contributed by atoms with Crippen LogP contribution in [-0.2, 0) is 0 Å². The Bertz CT molecular complexity index is 309.